The summed E-state index contributed by atoms with van der Waals surface area (Å²) in [7, 11) is -4.26. The maximum atomic E-state index is 14.3. The molecule has 0 spiro atoms. The summed E-state index contributed by atoms with van der Waals surface area (Å²) in [5.74, 6) is 0.122. The molecular weight excluding hydrogens is 587 g/mol. The van der Waals surface area contributed by atoms with E-state index in [9.17, 15) is 31.5 Å². The summed E-state index contributed by atoms with van der Waals surface area (Å²) in [5, 5.41) is 12.5. The van der Waals surface area contributed by atoms with Crippen molar-refractivity contribution in [3.63, 3.8) is 0 Å². The fourth-order valence-corrected chi connectivity index (χ4v) is 6.42. The molecule has 0 bridgehead atoms. The van der Waals surface area contributed by atoms with Crippen molar-refractivity contribution in [1.29, 1.82) is 0 Å². The van der Waals surface area contributed by atoms with Crippen LogP contribution in [0.4, 0.5) is 23.9 Å². The summed E-state index contributed by atoms with van der Waals surface area (Å²) in [6.07, 6.45) is -3.09. The van der Waals surface area contributed by atoms with Crippen LogP contribution in [0.2, 0.25) is 0 Å². The van der Waals surface area contributed by atoms with Crippen LogP contribution in [0, 0.1) is 0 Å². The number of anilines is 1. The van der Waals surface area contributed by atoms with Crippen LogP contribution in [0.3, 0.4) is 0 Å². The van der Waals surface area contributed by atoms with E-state index in [4.69, 9.17) is 4.74 Å². The highest BCUT2D eigenvalue weighted by Gasteiger charge is 2.37. The predicted molar refractivity (Wildman–Crippen MR) is 154 cm³/mol. The van der Waals surface area contributed by atoms with E-state index in [2.05, 4.69) is 21.9 Å². The molecule has 10 nitrogen and oxygen atoms in total. The molecule has 1 atom stereocenters. The Balaban J connectivity index is 1.69. The number of piperidine rings is 1. The lowest BCUT2D eigenvalue weighted by molar-refractivity contribution is -0.137. The number of fused-ring (bicyclic) bond motifs is 1. The minimum absolute atomic E-state index is 0.0612. The minimum Gasteiger partial charge on any atom is -0.494 e. The number of nitrogens with one attached hydrogen (secondary N) is 1. The molecule has 2 aromatic heterocycles. The van der Waals surface area contributed by atoms with Crippen LogP contribution < -0.4 is 5.32 Å². The number of benzene rings is 2. The first kappa shape index (κ1) is 29.9. The number of carboxylic acid groups (broad SMARTS) is 1. The average Bonchev–Trinajstić information content (AvgIpc) is 3.37. The van der Waals surface area contributed by atoms with Crippen molar-refractivity contribution in [2.75, 3.05) is 25.0 Å². The summed E-state index contributed by atoms with van der Waals surface area (Å²) < 4.78 is 76.9. The Bertz CT molecular complexity index is 1790. The van der Waals surface area contributed by atoms with Crippen LogP contribution in [-0.2, 0) is 20.9 Å². The summed E-state index contributed by atoms with van der Waals surface area (Å²) in [4.78, 5) is 20.7. The first-order valence-corrected chi connectivity index (χ1v) is 14.8. The number of amides is 1. The lowest BCUT2D eigenvalue weighted by atomic mass is 10.0. The summed E-state index contributed by atoms with van der Waals surface area (Å²) >= 11 is 0. The molecule has 43 heavy (non-hydrogen) atoms. The summed E-state index contributed by atoms with van der Waals surface area (Å²) in [6, 6.07) is 11.7. The van der Waals surface area contributed by atoms with Gasteiger partial charge in [-0.15, -0.1) is 0 Å². The fourth-order valence-electron chi connectivity index (χ4n) is 5.04. The van der Waals surface area contributed by atoms with Crippen LogP contribution in [0.25, 0.3) is 27.9 Å². The van der Waals surface area contributed by atoms with Gasteiger partial charge in [0.2, 0.25) is 5.95 Å². The lowest BCUT2D eigenvalue weighted by Gasteiger charge is -2.31. The van der Waals surface area contributed by atoms with Gasteiger partial charge in [-0.2, -0.15) is 13.2 Å². The van der Waals surface area contributed by atoms with E-state index in [0.29, 0.717) is 37.8 Å². The molecule has 0 saturated carbocycles. The molecule has 226 valence electrons. The van der Waals surface area contributed by atoms with E-state index in [1.54, 1.807) is 31.2 Å². The molecular formula is C29H28F3N5O5S. The van der Waals surface area contributed by atoms with E-state index in [-0.39, 0.29) is 39.6 Å². The van der Waals surface area contributed by atoms with Crippen LogP contribution in [0.1, 0.15) is 30.9 Å². The van der Waals surface area contributed by atoms with Crippen molar-refractivity contribution in [2.45, 2.75) is 36.9 Å². The van der Waals surface area contributed by atoms with Gasteiger partial charge in [0.15, 0.2) is 0 Å². The number of halogens is 3. The molecule has 1 fully saturated rings. The van der Waals surface area contributed by atoms with Crippen LogP contribution in [0.15, 0.2) is 72.4 Å². The first-order valence-electron chi connectivity index (χ1n) is 13.4. The van der Waals surface area contributed by atoms with Gasteiger partial charge in [0, 0.05) is 48.0 Å². The minimum atomic E-state index is -4.87. The second kappa shape index (κ2) is 11.6. The van der Waals surface area contributed by atoms with Gasteiger partial charge >= 0.3 is 12.3 Å². The Hall–Kier alpha value is -4.59. The van der Waals surface area contributed by atoms with E-state index < -0.39 is 39.6 Å². The maximum Gasteiger partial charge on any atom is 0.419 e. The largest absolute Gasteiger partial charge is 0.494 e. The molecule has 3 heterocycles. The molecule has 2 N–H and O–H groups in total. The Kier molecular flexibility index (Phi) is 8.06. The van der Waals surface area contributed by atoms with Crippen molar-refractivity contribution < 1.29 is 36.2 Å². The van der Waals surface area contributed by atoms with E-state index in [1.807, 2.05) is 0 Å². The highest BCUT2D eigenvalue weighted by Crippen LogP contribution is 2.41. The number of rotatable bonds is 8. The Morgan fingerprint density at radius 3 is 2.63 bits per heavy atom. The number of likely N-dealkylation sites (tertiary alicyclic amines) is 1. The van der Waals surface area contributed by atoms with Gasteiger partial charge in [-0.1, -0.05) is 36.9 Å². The number of hydrogen-bond donors (Lipinski definition) is 2. The Morgan fingerprint density at radius 1 is 1.21 bits per heavy atom. The number of hydrogen-bond acceptors (Lipinski definition) is 7. The van der Waals surface area contributed by atoms with Crippen molar-refractivity contribution in [1.82, 2.24) is 18.8 Å². The van der Waals surface area contributed by atoms with Gasteiger partial charge in [0.25, 0.3) is 10.0 Å². The zero-order valence-corrected chi connectivity index (χ0v) is 23.8. The monoisotopic (exact) mass is 615 g/mol. The zero-order chi connectivity index (χ0) is 30.9. The highest BCUT2D eigenvalue weighted by atomic mass is 32.2. The molecule has 2 aromatic carbocycles. The Labute approximate surface area is 245 Å². The van der Waals surface area contributed by atoms with Gasteiger partial charge < -0.3 is 20.1 Å². The molecule has 0 unspecified atom stereocenters. The predicted octanol–water partition coefficient (Wildman–Crippen LogP) is 5.92. The van der Waals surface area contributed by atoms with Gasteiger partial charge in [0.05, 0.1) is 22.7 Å². The number of alkyl halides is 3. The topological polar surface area (TPSA) is 127 Å². The molecule has 1 saturated heterocycles. The molecule has 5 rings (SSSR count). The number of carbonyl (C=O) groups is 1. The molecule has 1 aliphatic heterocycles. The van der Waals surface area contributed by atoms with Crippen molar-refractivity contribution in [3.8, 4) is 11.3 Å². The normalized spacial score (nSPS) is 15.8. The van der Waals surface area contributed by atoms with E-state index >= 15 is 0 Å². The van der Waals surface area contributed by atoms with Crippen LogP contribution in [-0.4, -0.2) is 64.2 Å². The standard InChI is InChI=1S/C29H28F3N5O5S/c1-3-42-18(2)19-11-12-22-23(17-37(25(22)14-19)43(40,41)21-9-5-4-6-10-21)26-24(29(30,31)32)15-33-27(35-26)34-20-8-7-13-36(16-20)28(38)39/h4-6,9-12,14-15,17,20H,2-3,7-8,13,16H2,1H3,(H,38,39)(H,33,34,35)/t20-/m0/s1. The Morgan fingerprint density at radius 2 is 1.95 bits per heavy atom. The molecule has 4 aromatic rings. The highest BCUT2D eigenvalue weighted by molar-refractivity contribution is 7.90. The molecule has 0 aliphatic carbocycles. The SMILES string of the molecule is C=C(OCC)c1ccc2c(-c3nc(N[C@H]4CCCN(C(=O)O)C4)ncc3C(F)(F)F)cn(S(=O)(=O)c3ccccc3)c2c1. The van der Waals surface area contributed by atoms with Crippen molar-refractivity contribution >= 4 is 38.7 Å². The second-order valence-corrected chi connectivity index (χ2v) is 11.7. The smallest absolute Gasteiger partial charge is 0.419 e. The van der Waals surface area contributed by atoms with Gasteiger partial charge in [-0.05, 0) is 38.0 Å². The van der Waals surface area contributed by atoms with Crippen molar-refractivity contribution in [3.05, 3.63) is 78.6 Å². The quantitative estimate of drug-likeness (QED) is 0.234. The third kappa shape index (κ3) is 6.00. The zero-order valence-electron chi connectivity index (χ0n) is 23.0. The molecule has 1 amide bonds. The third-order valence-corrected chi connectivity index (χ3v) is 8.77. The van der Waals surface area contributed by atoms with Crippen LogP contribution >= 0.6 is 0 Å². The fraction of sp³-hybridized carbons (Fsp3) is 0.276. The summed E-state index contributed by atoms with van der Waals surface area (Å²) in [5.41, 5.74) is -1.23. The van der Waals surface area contributed by atoms with Gasteiger partial charge in [0.1, 0.15) is 11.3 Å². The molecule has 1 aliphatic rings. The van der Waals surface area contributed by atoms with Crippen molar-refractivity contribution in [2.24, 2.45) is 0 Å². The number of aromatic nitrogens is 3. The lowest BCUT2D eigenvalue weighted by Crippen LogP contribution is -2.44. The van der Waals surface area contributed by atoms with E-state index in [0.717, 1.165) is 10.2 Å². The first-order chi connectivity index (χ1) is 20.4. The average molecular weight is 616 g/mol. The number of ether oxygens (including phenoxy) is 1. The van der Waals surface area contributed by atoms with Gasteiger partial charge in [-0.3, -0.25) is 0 Å². The number of nitrogens with zero attached hydrogens (tertiary/aromatic N) is 4. The second-order valence-electron chi connectivity index (χ2n) is 9.91. The summed E-state index contributed by atoms with van der Waals surface area (Å²) in [6.45, 7) is 6.39. The van der Waals surface area contributed by atoms with E-state index in [1.165, 1.54) is 29.2 Å². The maximum absolute atomic E-state index is 14.3. The molecule has 14 heteroatoms. The van der Waals surface area contributed by atoms with Gasteiger partial charge in [-0.25, -0.2) is 27.2 Å². The third-order valence-electron chi connectivity index (χ3n) is 7.09. The molecule has 0 radical (unpaired) electrons. The van der Waals surface area contributed by atoms with Crippen LogP contribution in [0.5, 0.6) is 0 Å².